The van der Waals surface area contributed by atoms with Crippen molar-refractivity contribution in [2.45, 2.75) is 57.5 Å². The van der Waals surface area contributed by atoms with Crippen LogP contribution in [0.2, 0.25) is 0 Å². The molecule has 0 bridgehead atoms. The normalized spacial score (nSPS) is 17.3. The van der Waals surface area contributed by atoms with Crippen LogP contribution >= 0.6 is 15.9 Å². The zero-order chi connectivity index (χ0) is 16.3. The third-order valence-electron chi connectivity index (χ3n) is 4.25. The second kappa shape index (κ2) is 6.90. The number of benzene rings is 1. The van der Waals surface area contributed by atoms with E-state index in [1.54, 1.807) is 7.11 Å². The van der Waals surface area contributed by atoms with E-state index in [2.05, 4.69) is 15.9 Å². The van der Waals surface area contributed by atoms with Crippen LogP contribution < -0.4 is 9.47 Å². The number of rotatable bonds is 5. The predicted molar refractivity (Wildman–Crippen MR) is 88.9 cm³/mol. The monoisotopic (exact) mass is 370 g/mol. The minimum atomic E-state index is -0.833. The van der Waals surface area contributed by atoms with Crippen LogP contribution in [0.4, 0.5) is 0 Å². The fraction of sp³-hybridized carbons (Fsp3) is 0.588. The summed E-state index contributed by atoms with van der Waals surface area (Å²) in [6, 6.07) is 3.65. The van der Waals surface area contributed by atoms with Crippen LogP contribution in [0.5, 0.6) is 11.5 Å². The van der Waals surface area contributed by atoms with Gasteiger partial charge in [-0.1, -0.05) is 35.2 Å². The van der Waals surface area contributed by atoms with Crippen LogP contribution in [0.15, 0.2) is 16.6 Å². The van der Waals surface area contributed by atoms with E-state index in [-0.39, 0.29) is 6.10 Å². The van der Waals surface area contributed by atoms with Gasteiger partial charge in [-0.3, -0.25) is 4.79 Å². The molecule has 0 unspecified atom stereocenters. The van der Waals surface area contributed by atoms with Gasteiger partial charge in [0.25, 0.3) is 0 Å². The molecule has 0 aliphatic heterocycles. The van der Waals surface area contributed by atoms with E-state index in [4.69, 9.17) is 9.47 Å². The molecule has 5 heteroatoms. The number of aliphatic carboxylic acids is 1. The lowest BCUT2D eigenvalue weighted by Gasteiger charge is -2.34. The lowest BCUT2D eigenvalue weighted by molar-refractivity contribution is -0.145. The Hall–Kier alpha value is -1.23. The van der Waals surface area contributed by atoms with E-state index < -0.39 is 11.4 Å². The summed E-state index contributed by atoms with van der Waals surface area (Å²) in [6.07, 6.45) is 4.31. The van der Waals surface area contributed by atoms with Gasteiger partial charge in [-0.05, 0) is 44.4 Å². The molecular weight excluding hydrogens is 348 g/mol. The molecule has 0 aromatic heterocycles. The van der Waals surface area contributed by atoms with Gasteiger partial charge < -0.3 is 14.6 Å². The molecule has 1 aliphatic rings. The fourth-order valence-corrected chi connectivity index (χ4v) is 3.86. The molecule has 1 fully saturated rings. The van der Waals surface area contributed by atoms with E-state index in [0.717, 1.165) is 29.3 Å². The zero-order valence-electron chi connectivity index (χ0n) is 13.3. The summed E-state index contributed by atoms with van der Waals surface area (Å²) in [7, 11) is 1.58. The first-order valence-corrected chi connectivity index (χ1v) is 8.48. The smallest absolute Gasteiger partial charge is 0.314 e. The molecule has 1 N–H and O–H groups in total. The highest BCUT2D eigenvalue weighted by molar-refractivity contribution is 9.10. The SMILES string of the molecule is COc1cc(C2(C(=O)O)CCCCC2)c(Br)cc1OC(C)C. The highest BCUT2D eigenvalue weighted by Gasteiger charge is 2.43. The van der Waals surface area contributed by atoms with E-state index in [0.29, 0.717) is 24.3 Å². The van der Waals surface area contributed by atoms with Crippen molar-refractivity contribution in [3.8, 4) is 11.5 Å². The maximum absolute atomic E-state index is 12.0. The number of halogens is 1. The lowest BCUT2D eigenvalue weighted by Crippen LogP contribution is -2.38. The minimum absolute atomic E-state index is 0.0229. The molecule has 4 nitrogen and oxygen atoms in total. The third-order valence-corrected chi connectivity index (χ3v) is 4.90. The van der Waals surface area contributed by atoms with Crippen molar-refractivity contribution in [3.63, 3.8) is 0 Å². The Morgan fingerprint density at radius 3 is 2.36 bits per heavy atom. The average Bonchev–Trinajstić information content (AvgIpc) is 2.47. The van der Waals surface area contributed by atoms with Crippen LogP contribution in [0, 0.1) is 0 Å². The maximum Gasteiger partial charge on any atom is 0.314 e. The molecule has 0 atom stereocenters. The Labute approximate surface area is 139 Å². The molecule has 2 rings (SSSR count). The summed E-state index contributed by atoms with van der Waals surface area (Å²) in [5.41, 5.74) is -0.0477. The molecule has 122 valence electrons. The van der Waals surface area contributed by atoms with Gasteiger partial charge in [0.15, 0.2) is 11.5 Å². The highest BCUT2D eigenvalue weighted by Crippen LogP contribution is 2.46. The third kappa shape index (κ3) is 3.24. The molecule has 1 aromatic rings. The summed E-state index contributed by atoms with van der Waals surface area (Å²) in [5.74, 6) is 0.454. The molecule has 1 saturated carbocycles. The van der Waals surface area contributed by atoms with Crippen molar-refractivity contribution < 1.29 is 19.4 Å². The average molecular weight is 371 g/mol. The Kier molecular flexibility index (Phi) is 5.37. The standard InChI is InChI=1S/C17H23BrO4/c1-11(2)22-15-10-13(18)12(9-14(15)21-3)17(16(19)20)7-5-4-6-8-17/h9-11H,4-8H2,1-3H3,(H,19,20). The van der Waals surface area contributed by atoms with E-state index >= 15 is 0 Å². The summed E-state index contributed by atoms with van der Waals surface area (Å²) in [6.45, 7) is 3.89. The van der Waals surface area contributed by atoms with Crippen molar-refractivity contribution in [2.24, 2.45) is 0 Å². The van der Waals surface area contributed by atoms with E-state index in [9.17, 15) is 9.90 Å². The van der Waals surface area contributed by atoms with Crippen LogP contribution in [0.25, 0.3) is 0 Å². The van der Waals surface area contributed by atoms with Gasteiger partial charge in [-0.15, -0.1) is 0 Å². The second-order valence-electron chi connectivity index (χ2n) is 6.10. The number of carbonyl (C=O) groups is 1. The van der Waals surface area contributed by atoms with Crippen molar-refractivity contribution in [1.82, 2.24) is 0 Å². The molecule has 0 saturated heterocycles. The number of carboxylic acids is 1. The number of hydrogen-bond acceptors (Lipinski definition) is 3. The molecule has 22 heavy (non-hydrogen) atoms. The van der Waals surface area contributed by atoms with Gasteiger partial charge in [0.2, 0.25) is 0 Å². The van der Waals surface area contributed by atoms with Crippen molar-refractivity contribution in [1.29, 1.82) is 0 Å². The molecule has 0 amide bonds. The number of carboxylic acid groups (broad SMARTS) is 1. The number of hydrogen-bond donors (Lipinski definition) is 1. The summed E-state index contributed by atoms with van der Waals surface area (Å²) < 4.78 is 11.9. The molecular formula is C17H23BrO4. The fourth-order valence-electron chi connectivity index (χ4n) is 3.16. The Bertz CT molecular complexity index is 548. The summed E-state index contributed by atoms with van der Waals surface area (Å²) >= 11 is 3.54. The molecule has 0 heterocycles. The lowest BCUT2D eigenvalue weighted by atomic mass is 9.69. The zero-order valence-corrected chi connectivity index (χ0v) is 14.9. The quantitative estimate of drug-likeness (QED) is 0.826. The molecule has 1 aliphatic carbocycles. The first-order chi connectivity index (χ1) is 10.4. The molecule has 1 aromatic carbocycles. The van der Waals surface area contributed by atoms with Crippen LogP contribution in [0.1, 0.15) is 51.5 Å². The van der Waals surface area contributed by atoms with Gasteiger partial charge in [-0.2, -0.15) is 0 Å². The van der Waals surface area contributed by atoms with Crippen LogP contribution in [0.3, 0.4) is 0 Å². The van der Waals surface area contributed by atoms with Gasteiger partial charge in [-0.25, -0.2) is 0 Å². The Morgan fingerprint density at radius 2 is 1.86 bits per heavy atom. The highest BCUT2D eigenvalue weighted by atomic mass is 79.9. The second-order valence-corrected chi connectivity index (χ2v) is 6.95. The number of ether oxygens (including phenoxy) is 2. The van der Waals surface area contributed by atoms with E-state index in [1.807, 2.05) is 26.0 Å². The number of methoxy groups -OCH3 is 1. The van der Waals surface area contributed by atoms with Gasteiger partial charge in [0.1, 0.15) is 0 Å². The molecule has 0 spiro atoms. The first-order valence-electron chi connectivity index (χ1n) is 7.69. The largest absolute Gasteiger partial charge is 0.493 e. The first kappa shape index (κ1) is 17.1. The van der Waals surface area contributed by atoms with Crippen LogP contribution in [-0.2, 0) is 10.2 Å². The Balaban J connectivity index is 2.52. The van der Waals surface area contributed by atoms with Crippen molar-refractivity contribution >= 4 is 21.9 Å². The maximum atomic E-state index is 12.0. The van der Waals surface area contributed by atoms with Crippen molar-refractivity contribution in [3.05, 3.63) is 22.2 Å². The van der Waals surface area contributed by atoms with Gasteiger partial charge in [0.05, 0.1) is 18.6 Å². The van der Waals surface area contributed by atoms with Crippen molar-refractivity contribution in [2.75, 3.05) is 7.11 Å². The summed E-state index contributed by atoms with van der Waals surface area (Å²) in [4.78, 5) is 12.0. The predicted octanol–water partition coefficient (Wildman–Crippen LogP) is 4.53. The Morgan fingerprint density at radius 1 is 1.23 bits per heavy atom. The van der Waals surface area contributed by atoms with E-state index in [1.165, 1.54) is 0 Å². The topological polar surface area (TPSA) is 55.8 Å². The minimum Gasteiger partial charge on any atom is -0.493 e. The molecule has 0 radical (unpaired) electrons. The van der Waals surface area contributed by atoms with Crippen LogP contribution in [-0.4, -0.2) is 24.3 Å². The van der Waals surface area contributed by atoms with Gasteiger partial charge >= 0.3 is 5.97 Å². The van der Waals surface area contributed by atoms with Gasteiger partial charge in [0, 0.05) is 4.47 Å². The summed E-state index contributed by atoms with van der Waals surface area (Å²) in [5, 5.41) is 9.85.